The average Bonchev–Trinajstić information content (AvgIpc) is 2.05. The summed E-state index contributed by atoms with van der Waals surface area (Å²) in [6.45, 7) is 1.70. The quantitative estimate of drug-likeness (QED) is 0.451. The molecule has 0 unspecified atom stereocenters. The van der Waals surface area contributed by atoms with Gasteiger partial charge in [0.05, 0.1) is 0 Å². The molecule has 0 bridgehead atoms. The van der Waals surface area contributed by atoms with Crippen molar-refractivity contribution in [2.75, 3.05) is 5.73 Å². The number of nitrogens with two attached hydrogens (primary N) is 1. The van der Waals surface area contributed by atoms with E-state index < -0.39 is 5.79 Å². The van der Waals surface area contributed by atoms with E-state index in [4.69, 9.17) is 5.73 Å². The number of nitrogen functional groups attached to an aromatic ring is 1. The minimum Gasteiger partial charge on any atom is -0.399 e. The third-order valence-corrected chi connectivity index (χ3v) is 1.84. The second kappa shape index (κ2) is 3.13. The Balaban J connectivity index is 3.03. The zero-order valence-electron chi connectivity index (χ0n) is 6.99. The summed E-state index contributed by atoms with van der Waals surface area (Å²) in [4.78, 5) is 0. The summed E-state index contributed by atoms with van der Waals surface area (Å²) in [5, 5.41) is 18.8. The van der Waals surface area contributed by atoms with Crippen LogP contribution >= 0.6 is 0 Å². The van der Waals surface area contributed by atoms with Gasteiger partial charge >= 0.3 is 0 Å². The fourth-order valence-electron chi connectivity index (χ4n) is 0.992. The molecule has 12 heavy (non-hydrogen) atoms. The highest BCUT2D eigenvalue weighted by atomic mass is 16.5. The Hall–Kier alpha value is -1.06. The van der Waals surface area contributed by atoms with Crippen LogP contribution in [0.5, 0.6) is 0 Å². The molecule has 0 saturated carbocycles. The minimum absolute atomic E-state index is 0.246. The summed E-state index contributed by atoms with van der Waals surface area (Å²) in [6, 6.07) is 6.60. The molecule has 0 saturated heterocycles. The van der Waals surface area contributed by atoms with E-state index in [2.05, 4.69) is 0 Å². The van der Waals surface area contributed by atoms with Gasteiger partial charge < -0.3 is 15.9 Å². The molecule has 0 fully saturated rings. The van der Waals surface area contributed by atoms with E-state index in [0.29, 0.717) is 11.3 Å². The van der Waals surface area contributed by atoms with Crippen LogP contribution in [0.1, 0.15) is 18.9 Å². The van der Waals surface area contributed by atoms with Crippen LogP contribution in [-0.2, 0) is 5.79 Å². The Labute approximate surface area is 71.5 Å². The van der Waals surface area contributed by atoms with E-state index in [1.165, 1.54) is 0 Å². The van der Waals surface area contributed by atoms with Crippen molar-refractivity contribution < 1.29 is 10.2 Å². The van der Waals surface area contributed by atoms with E-state index in [-0.39, 0.29) is 6.42 Å². The predicted octanol–water partition coefficient (Wildman–Crippen LogP) is 0.816. The number of aliphatic hydroxyl groups is 2. The molecule has 1 aromatic rings. The second-order valence-electron chi connectivity index (χ2n) is 2.80. The molecule has 0 heterocycles. The van der Waals surface area contributed by atoms with Crippen molar-refractivity contribution in [1.29, 1.82) is 0 Å². The number of benzene rings is 1. The minimum atomic E-state index is -1.75. The molecule has 0 aliphatic heterocycles. The molecule has 0 amide bonds. The fraction of sp³-hybridized carbons (Fsp3) is 0.333. The molecule has 0 atom stereocenters. The number of anilines is 1. The summed E-state index contributed by atoms with van der Waals surface area (Å²) < 4.78 is 0. The molecule has 4 N–H and O–H groups in total. The predicted molar refractivity (Wildman–Crippen MR) is 47.3 cm³/mol. The lowest BCUT2D eigenvalue weighted by Gasteiger charge is -2.20. The van der Waals surface area contributed by atoms with Gasteiger partial charge in [0.15, 0.2) is 5.79 Å². The van der Waals surface area contributed by atoms with Crippen molar-refractivity contribution in [3.05, 3.63) is 29.8 Å². The summed E-state index contributed by atoms with van der Waals surface area (Å²) >= 11 is 0. The van der Waals surface area contributed by atoms with Crippen LogP contribution in [0.25, 0.3) is 0 Å². The van der Waals surface area contributed by atoms with Gasteiger partial charge in [0.1, 0.15) is 0 Å². The Bertz CT molecular complexity index is 271. The van der Waals surface area contributed by atoms with Crippen molar-refractivity contribution >= 4 is 5.69 Å². The van der Waals surface area contributed by atoms with Gasteiger partial charge in [-0.1, -0.05) is 19.1 Å². The first-order valence-corrected chi connectivity index (χ1v) is 3.87. The molecule has 0 spiro atoms. The van der Waals surface area contributed by atoms with Gasteiger partial charge in [0, 0.05) is 17.7 Å². The van der Waals surface area contributed by atoms with Crippen molar-refractivity contribution in [1.82, 2.24) is 0 Å². The largest absolute Gasteiger partial charge is 0.399 e. The lowest BCUT2D eigenvalue weighted by molar-refractivity contribution is -0.171. The maximum absolute atomic E-state index is 9.42. The maximum Gasteiger partial charge on any atom is 0.189 e. The molecule has 3 heteroatoms. The van der Waals surface area contributed by atoms with Gasteiger partial charge in [-0.05, 0) is 12.1 Å². The van der Waals surface area contributed by atoms with Crippen LogP contribution in [0.15, 0.2) is 24.3 Å². The number of hydrogen-bond acceptors (Lipinski definition) is 3. The van der Waals surface area contributed by atoms with E-state index in [1.807, 2.05) is 0 Å². The first-order valence-electron chi connectivity index (χ1n) is 3.87. The fourth-order valence-corrected chi connectivity index (χ4v) is 0.992. The molecule has 0 aliphatic carbocycles. The van der Waals surface area contributed by atoms with Crippen molar-refractivity contribution in [3.63, 3.8) is 0 Å². The van der Waals surface area contributed by atoms with Crippen LogP contribution in [0.2, 0.25) is 0 Å². The first kappa shape index (κ1) is 9.03. The Morgan fingerprint density at radius 1 is 1.42 bits per heavy atom. The van der Waals surface area contributed by atoms with Gasteiger partial charge in [0.2, 0.25) is 0 Å². The first-order chi connectivity index (χ1) is 5.56. The Morgan fingerprint density at radius 2 is 2.08 bits per heavy atom. The van der Waals surface area contributed by atoms with Crippen LogP contribution in [0, 0.1) is 0 Å². The number of hydrogen-bond donors (Lipinski definition) is 3. The van der Waals surface area contributed by atoms with Crippen molar-refractivity contribution in [2.24, 2.45) is 0 Å². The maximum atomic E-state index is 9.42. The van der Waals surface area contributed by atoms with Gasteiger partial charge in [0.25, 0.3) is 0 Å². The summed E-state index contributed by atoms with van der Waals surface area (Å²) in [7, 11) is 0. The molecule has 0 radical (unpaired) electrons. The third kappa shape index (κ3) is 1.75. The molecule has 1 aromatic carbocycles. The summed E-state index contributed by atoms with van der Waals surface area (Å²) in [5.74, 6) is -1.75. The number of rotatable bonds is 2. The van der Waals surface area contributed by atoms with E-state index in [0.717, 1.165) is 0 Å². The lowest BCUT2D eigenvalue weighted by atomic mass is 10.0. The van der Waals surface area contributed by atoms with E-state index >= 15 is 0 Å². The van der Waals surface area contributed by atoms with Gasteiger partial charge in [-0.15, -0.1) is 0 Å². The molecular weight excluding hydrogens is 154 g/mol. The molecule has 0 aromatic heterocycles. The Kier molecular flexibility index (Phi) is 2.35. The zero-order valence-corrected chi connectivity index (χ0v) is 6.99. The molecule has 3 nitrogen and oxygen atoms in total. The van der Waals surface area contributed by atoms with Gasteiger partial charge in [-0.3, -0.25) is 0 Å². The summed E-state index contributed by atoms with van der Waals surface area (Å²) in [6.07, 6.45) is 0.246. The van der Waals surface area contributed by atoms with E-state index in [9.17, 15) is 10.2 Å². The average molecular weight is 167 g/mol. The Morgan fingerprint density at radius 3 is 2.58 bits per heavy atom. The SMILES string of the molecule is CCC(O)(O)c1cccc(N)c1. The molecule has 66 valence electrons. The van der Waals surface area contributed by atoms with Crippen molar-refractivity contribution in [3.8, 4) is 0 Å². The van der Waals surface area contributed by atoms with E-state index in [1.54, 1.807) is 31.2 Å². The molecule has 0 aliphatic rings. The monoisotopic (exact) mass is 167 g/mol. The highest BCUT2D eigenvalue weighted by molar-refractivity contribution is 5.41. The van der Waals surface area contributed by atoms with Crippen molar-refractivity contribution in [2.45, 2.75) is 19.1 Å². The molecular formula is C9H13NO2. The van der Waals surface area contributed by atoms with Crippen LogP contribution < -0.4 is 5.73 Å². The third-order valence-electron chi connectivity index (χ3n) is 1.84. The summed E-state index contributed by atoms with van der Waals surface area (Å²) in [5.41, 5.74) is 6.46. The smallest absolute Gasteiger partial charge is 0.189 e. The van der Waals surface area contributed by atoms with Gasteiger partial charge in [-0.2, -0.15) is 0 Å². The molecule has 1 rings (SSSR count). The van der Waals surface area contributed by atoms with Crippen LogP contribution in [-0.4, -0.2) is 10.2 Å². The van der Waals surface area contributed by atoms with Crippen LogP contribution in [0.4, 0.5) is 5.69 Å². The lowest BCUT2D eigenvalue weighted by Crippen LogP contribution is -2.23. The second-order valence-corrected chi connectivity index (χ2v) is 2.80. The van der Waals surface area contributed by atoms with Gasteiger partial charge in [-0.25, -0.2) is 0 Å². The van der Waals surface area contributed by atoms with Crippen LogP contribution in [0.3, 0.4) is 0 Å². The standard InChI is InChI=1S/C9H13NO2/c1-2-9(11,12)7-4-3-5-8(10)6-7/h3-6,11-12H,2,10H2,1H3. The topological polar surface area (TPSA) is 66.5 Å². The highest BCUT2D eigenvalue weighted by Gasteiger charge is 2.22. The highest BCUT2D eigenvalue weighted by Crippen LogP contribution is 2.22. The zero-order chi connectivity index (χ0) is 9.19. The normalized spacial score (nSPS) is 11.6.